The Morgan fingerprint density at radius 1 is 1.22 bits per heavy atom. The number of sulfone groups is 1. The topological polar surface area (TPSA) is 57.9 Å². The minimum Gasteiger partial charge on any atom is -0.228 e. The zero-order valence-electron chi connectivity index (χ0n) is 10.9. The van der Waals surface area contributed by atoms with Crippen LogP contribution in [0, 0.1) is 16.7 Å². The van der Waals surface area contributed by atoms with E-state index in [1.807, 2.05) is 44.2 Å². The van der Waals surface area contributed by atoms with Crippen molar-refractivity contribution in [3.8, 4) is 6.07 Å². The summed E-state index contributed by atoms with van der Waals surface area (Å²) in [6.45, 7) is 3.66. The molecule has 0 radical (unpaired) electrons. The molecule has 0 saturated heterocycles. The van der Waals surface area contributed by atoms with Crippen molar-refractivity contribution < 1.29 is 8.42 Å². The number of nitrogens with zero attached hydrogens (tertiary/aromatic N) is 1. The van der Waals surface area contributed by atoms with Gasteiger partial charge in [-0.3, -0.25) is 0 Å². The molecule has 4 heteroatoms. The molecule has 0 aliphatic carbocycles. The fourth-order valence-corrected chi connectivity index (χ4v) is 3.12. The minimum absolute atomic E-state index is 0.0841. The van der Waals surface area contributed by atoms with Crippen LogP contribution in [0.15, 0.2) is 30.3 Å². The fourth-order valence-electron chi connectivity index (χ4n) is 1.69. The van der Waals surface area contributed by atoms with Crippen LogP contribution in [-0.4, -0.2) is 14.2 Å². The van der Waals surface area contributed by atoms with E-state index in [0.717, 1.165) is 5.56 Å². The zero-order valence-corrected chi connectivity index (χ0v) is 11.7. The maximum absolute atomic E-state index is 11.9. The molecule has 0 atom stereocenters. The second-order valence-corrected chi connectivity index (χ2v) is 7.36. The molecule has 0 amide bonds. The van der Waals surface area contributed by atoms with E-state index in [4.69, 9.17) is 5.26 Å². The Labute approximate surface area is 109 Å². The first kappa shape index (κ1) is 14.7. The van der Waals surface area contributed by atoms with E-state index in [1.165, 1.54) is 0 Å². The third-order valence-corrected chi connectivity index (χ3v) is 4.47. The quantitative estimate of drug-likeness (QED) is 0.794. The van der Waals surface area contributed by atoms with Crippen molar-refractivity contribution >= 4 is 9.84 Å². The van der Waals surface area contributed by atoms with Crippen molar-refractivity contribution in [2.24, 2.45) is 5.41 Å². The monoisotopic (exact) mass is 265 g/mol. The average Bonchev–Trinajstić information content (AvgIpc) is 2.29. The van der Waals surface area contributed by atoms with Crippen molar-refractivity contribution in [2.45, 2.75) is 32.4 Å². The third kappa shape index (κ3) is 5.33. The molecule has 0 bridgehead atoms. The van der Waals surface area contributed by atoms with E-state index in [2.05, 4.69) is 6.07 Å². The molecule has 18 heavy (non-hydrogen) atoms. The van der Waals surface area contributed by atoms with Gasteiger partial charge in [0.05, 0.1) is 23.0 Å². The van der Waals surface area contributed by atoms with Crippen LogP contribution in [0.2, 0.25) is 0 Å². The predicted molar refractivity (Wildman–Crippen MR) is 72.6 cm³/mol. The van der Waals surface area contributed by atoms with Gasteiger partial charge in [-0.25, -0.2) is 8.42 Å². The van der Waals surface area contributed by atoms with Gasteiger partial charge in [0.1, 0.15) is 0 Å². The molecule has 0 spiro atoms. The maximum Gasteiger partial charge on any atom is 0.154 e. The lowest BCUT2D eigenvalue weighted by atomic mass is 9.90. The summed E-state index contributed by atoms with van der Waals surface area (Å²) >= 11 is 0. The Morgan fingerprint density at radius 2 is 1.83 bits per heavy atom. The number of hydrogen-bond acceptors (Lipinski definition) is 3. The van der Waals surface area contributed by atoms with Gasteiger partial charge in [-0.05, 0) is 32.3 Å². The Hall–Kier alpha value is -1.34. The lowest BCUT2D eigenvalue weighted by molar-refractivity contribution is 0.445. The molecule has 0 N–H and O–H groups in total. The van der Waals surface area contributed by atoms with Crippen LogP contribution in [0.4, 0.5) is 0 Å². The lowest BCUT2D eigenvalue weighted by Crippen LogP contribution is -2.14. The predicted octanol–water partition coefficient (Wildman–Crippen LogP) is 2.93. The van der Waals surface area contributed by atoms with Gasteiger partial charge in [-0.15, -0.1) is 0 Å². The van der Waals surface area contributed by atoms with Crippen LogP contribution in [0.5, 0.6) is 0 Å². The zero-order chi connectivity index (χ0) is 13.6. The summed E-state index contributed by atoms with van der Waals surface area (Å²) in [6.07, 6.45) is 1.15. The fraction of sp³-hybridized carbons (Fsp3) is 0.500. The molecule has 0 aromatic heterocycles. The van der Waals surface area contributed by atoms with Gasteiger partial charge in [-0.2, -0.15) is 5.26 Å². The van der Waals surface area contributed by atoms with Gasteiger partial charge in [0.25, 0.3) is 0 Å². The Kier molecular flexibility index (Phi) is 4.92. The van der Waals surface area contributed by atoms with E-state index in [0.29, 0.717) is 12.8 Å². The molecule has 0 saturated carbocycles. The van der Waals surface area contributed by atoms with Gasteiger partial charge in [0, 0.05) is 0 Å². The minimum atomic E-state index is -3.07. The highest BCUT2D eigenvalue weighted by atomic mass is 32.2. The van der Waals surface area contributed by atoms with Gasteiger partial charge in [-0.1, -0.05) is 30.3 Å². The summed E-state index contributed by atoms with van der Waals surface area (Å²) in [6, 6.07) is 11.4. The molecular formula is C14H19NO2S. The Morgan fingerprint density at radius 3 is 2.39 bits per heavy atom. The highest BCUT2D eigenvalue weighted by Gasteiger charge is 2.18. The van der Waals surface area contributed by atoms with Crippen LogP contribution in [0.25, 0.3) is 0 Å². The summed E-state index contributed by atoms with van der Waals surface area (Å²) in [5, 5.41) is 8.86. The summed E-state index contributed by atoms with van der Waals surface area (Å²) in [5.41, 5.74) is 0.375. The standard InChI is InChI=1S/C14H19NO2S/c1-14(2,12-15)9-6-10-18(16,17)11-13-7-4-3-5-8-13/h3-5,7-8H,6,9-11H2,1-2H3. The van der Waals surface area contributed by atoms with E-state index in [1.54, 1.807) is 0 Å². The number of nitriles is 1. The van der Waals surface area contributed by atoms with E-state index in [9.17, 15) is 8.42 Å². The molecule has 0 unspecified atom stereocenters. The SMILES string of the molecule is CC(C)(C#N)CCCS(=O)(=O)Cc1ccccc1. The summed E-state index contributed by atoms with van der Waals surface area (Å²) < 4.78 is 23.8. The second-order valence-electron chi connectivity index (χ2n) is 5.18. The summed E-state index contributed by atoms with van der Waals surface area (Å²) in [4.78, 5) is 0. The molecular weight excluding hydrogens is 246 g/mol. The van der Waals surface area contributed by atoms with Gasteiger partial charge in [0.15, 0.2) is 9.84 Å². The molecule has 0 aliphatic rings. The molecule has 3 nitrogen and oxygen atoms in total. The molecule has 1 rings (SSSR count). The highest BCUT2D eigenvalue weighted by molar-refractivity contribution is 7.90. The van der Waals surface area contributed by atoms with E-state index >= 15 is 0 Å². The summed E-state index contributed by atoms with van der Waals surface area (Å²) in [7, 11) is -3.07. The van der Waals surface area contributed by atoms with Crippen LogP contribution in [0.3, 0.4) is 0 Å². The van der Waals surface area contributed by atoms with E-state index in [-0.39, 0.29) is 11.5 Å². The Bertz CT molecular complexity index is 512. The smallest absolute Gasteiger partial charge is 0.154 e. The maximum atomic E-state index is 11.9. The first-order chi connectivity index (χ1) is 8.35. The molecule has 0 aliphatic heterocycles. The Balaban J connectivity index is 2.50. The lowest BCUT2D eigenvalue weighted by Gasteiger charge is -2.14. The average molecular weight is 265 g/mol. The van der Waals surface area contributed by atoms with Crippen molar-refractivity contribution in [2.75, 3.05) is 5.75 Å². The highest BCUT2D eigenvalue weighted by Crippen LogP contribution is 2.21. The van der Waals surface area contributed by atoms with Gasteiger partial charge in [0.2, 0.25) is 0 Å². The molecule has 98 valence electrons. The summed E-state index contributed by atoms with van der Waals surface area (Å²) in [5.74, 6) is 0.230. The van der Waals surface area contributed by atoms with Crippen LogP contribution >= 0.6 is 0 Å². The van der Waals surface area contributed by atoms with Crippen LogP contribution < -0.4 is 0 Å². The van der Waals surface area contributed by atoms with Crippen molar-refractivity contribution in [3.05, 3.63) is 35.9 Å². The normalized spacial score (nSPS) is 12.1. The second kappa shape index (κ2) is 6.01. The molecule has 1 aromatic rings. The number of benzene rings is 1. The van der Waals surface area contributed by atoms with Crippen molar-refractivity contribution in [3.63, 3.8) is 0 Å². The molecule has 0 fully saturated rings. The van der Waals surface area contributed by atoms with Crippen molar-refractivity contribution in [1.29, 1.82) is 5.26 Å². The largest absolute Gasteiger partial charge is 0.228 e. The van der Waals surface area contributed by atoms with Gasteiger partial charge >= 0.3 is 0 Å². The van der Waals surface area contributed by atoms with Crippen LogP contribution in [0.1, 0.15) is 32.3 Å². The van der Waals surface area contributed by atoms with Gasteiger partial charge < -0.3 is 0 Å². The van der Waals surface area contributed by atoms with E-state index < -0.39 is 15.3 Å². The number of hydrogen-bond donors (Lipinski definition) is 0. The van der Waals surface area contributed by atoms with Crippen molar-refractivity contribution in [1.82, 2.24) is 0 Å². The first-order valence-corrected chi connectivity index (χ1v) is 7.82. The third-order valence-electron chi connectivity index (χ3n) is 2.79. The number of rotatable bonds is 6. The molecule has 0 heterocycles. The first-order valence-electron chi connectivity index (χ1n) is 6.00. The van der Waals surface area contributed by atoms with Crippen LogP contribution in [-0.2, 0) is 15.6 Å². The molecule has 1 aromatic carbocycles.